The van der Waals surface area contributed by atoms with Crippen LogP contribution in [0.4, 0.5) is 0 Å². The molecule has 2 heterocycles. The molecule has 8 heteroatoms. The molecule has 25 heavy (non-hydrogen) atoms. The molecular weight excluding hydrogens is 338 g/mol. The monoisotopic (exact) mass is 357 g/mol. The fourth-order valence-corrected chi connectivity index (χ4v) is 3.17. The smallest absolute Gasteiger partial charge is 0.270 e. The summed E-state index contributed by atoms with van der Waals surface area (Å²) >= 11 is 1.58. The van der Waals surface area contributed by atoms with Crippen LogP contribution in [0.15, 0.2) is 46.6 Å². The summed E-state index contributed by atoms with van der Waals surface area (Å²) in [5.41, 5.74) is 1.57. The topological polar surface area (TPSA) is 92.7 Å². The van der Waals surface area contributed by atoms with Crippen LogP contribution in [0.2, 0.25) is 0 Å². The van der Waals surface area contributed by atoms with E-state index in [-0.39, 0.29) is 17.9 Å². The van der Waals surface area contributed by atoms with Gasteiger partial charge in [-0.2, -0.15) is 0 Å². The van der Waals surface area contributed by atoms with Gasteiger partial charge >= 0.3 is 0 Å². The molecule has 0 atom stereocenters. The van der Waals surface area contributed by atoms with Crippen LogP contribution in [0.25, 0.3) is 11.0 Å². The minimum absolute atomic E-state index is 0.0881. The summed E-state index contributed by atoms with van der Waals surface area (Å²) in [4.78, 5) is 35.3. The second-order valence-corrected chi connectivity index (χ2v) is 6.61. The average molecular weight is 357 g/mol. The minimum Gasteiger partial charge on any atom is -0.355 e. The highest BCUT2D eigenvalue weighted by atomic mass is 32.2. The predicted molar refractivity (Wildman–Crippen MR) is 97.6 cm³/mol. The van der Waals surface area contributed by atoms with E-state index in [1.807, 2.05) is 36.0 Å². The van der Waals surface area contributed by atoms with Crippen molar-refractivity contribution in [2.45, 2.75) is 18.0 Å². The van der Waals surface area contributed by atoms with Crippen molar-refractivity contribution in [3.8, 4) is 0 Å². The molecule has 0 aliphatic rings. The molecule has 0 radical (unpaired) electrons. The van der Waals surface area contributed by atoms with E-state index in [4.69, 9.17) is 0 Å². The van der Waals surface area contributed by atoms with Crippen LogP contribution >= 0.6 is 11.8 Å². The van der Waals surface area contributed by atoms with Gasteiger partial charge in [0.05, 0.1) is 11.0 Å². The van der Waals surface area contributed by atoms with Crippen LogP contribution in [-0.2, 0) is 18.3 Å². The summed E-state index contributed by atoms with van der Waals surface area (Å²) in [5, 5.41) is 3.77. The number of rotatable bonds is 7. The number of nitrogens with zero attached hydrogens (tertiary/aromatic N) is 3. The van der Waals surface area contributed by atoms with Crippen molar-refractivity contribution in [3.63, 3.8) is 0 Å². The highest BCUT2D eigenvalue weighted by Crippen LogP contribution is 2.13. The number of imidazole rings is 1. The van der Waals surface area contributed by atoms with Gasteiger partial charge < -0.3 is 14.9 Å². The molecule has 1 aromatic carbocycles. The quantitative estimate of drug-likeness (QED) is 0.494. The van der Waals surface area contributed by atoms with Gasteiger partial charge in [0, 0.05) is 44.6 Å². The number of aromatic amines is 1. The van der Waals surface area contributed by atoms with E-state index in [9.17, 15) is 9.59 Å². The second-order valence-electron chi connectivity index (χ2n) is 5.55. The number of amides is 1. The van der Waals surface area contributed by atoms with Gasteiger partial charge in [0.25, 0.3) is 5.56 Å². The third-order valence-electron chi connectivity index (χ3n) is 3.69. The largest absolute Gasteiger partial charge is 0.355 e. The molecule has 0 saturated heterocycles. The van der Waals surface area contributed by atoms with Gasteiger partial charge in [-0.1, -0.05) is 23.9 Å². The molecule has 0 aliphatic carbocycles. The molecule has 2 aromatic heterocycles. The molecule has 0 aliphatic heterocycles. The van der Waals surface area contributed by atoms with Crippen molar-refractivity contribution in [2.75, 3.05) is 12.3 Å². The van der Waals surface area contributed by atoms with Gasteiger partial charge in [-0.3, -0.25) is 9.59 Å². The Bertz CT molecular complexity index is 934. The number of carbonyl (C=O) groups excluding carboxylic acids is 1. The standard InChI is InChI=1S/C17H19N5O2S/c1-22-10-8-19-17(22)25-11-9-18-15(23)7-6-14-16(24)21-13-5-3-2-4-12(13)20-14/h2-5,8,10H,6-7,9,11H2,1H3,(H,18,23)(H,21,24). The normalized spacial score (nSPS) is 10.9. The number of hydrogen-bond donors (Lipinski definition) is 2. The molecule has 130 valence electrons. The zero-order valence-corrected chi connectivity index (χ0v) is 14.7. The van der Waals surface area contributed by atoms with Crippen molar-refractivity contribution in [2.24, 2.45) is 7.05 Å². The lowest BCUT2D eigenvalue weighted by molar-refractivity contribution is -0.120. The zero-order chi connectivity index (χ0) is 17.6. The number of hydrogen-bond acceptors (Lipinski definition) is 5. The molecule has 7 nitrogen and oxygen atoms in total. The first-order valence-corrected chi connectivity index (χ1v) is 8.97. The van der Waals surface area contributed by atoms with Crippen LogP contribution in [0.3, 0.4) is 0 Å². The predicted octanol–water partition coefficient (Wildman–Crippen LogP) is 1.50. The summed E-state index contributed by atoms with van der Waals surface area (Å²) in [6.07, 6.45) is 4.18. The molecule has 3 aromatic rings. The maximum Gasteiger partial charge on any atom is 0.270 e. The number of aromatic nitrogens is 4. The fourth-order valence-electron chi connectivity index (χ4n) is 2.38. The first-order valence-electron chi connectivity index (χ1n) is 7.98. The van der Waals surface area contributed by atoms with E-state index in [1.54, 1.807) is 24.0 Å². The van der Waals surface area contributed by atoms with E-state index < -0.39 is 0 Å². The molecule has 0 fully saturated rings. The number of H-pyrrole nitrogens is 1. The fraction of sp³-hybridized carbons (Fsp3) is 0.294. The van der Waals surface area contributed by atoms with Crippen LogP contribution in [0.1, 0.15) is 12.1 Å². The Labute approximate surface area is 148 Å². The summed E-state index contributed by atoms with van der Waals surface area (Å²) in [6, 6.07) is 7.35. The number of nitrogens with one attached hydrogen (secondary N) is 2. The second kappa shape index (κ2) is 7.98. The highest BCUT2D eigenvalue weighted by Gasteiger charge is 2.08. The third-order valence-corrected chi connectivity index (χ3v) is 4.75. The Morgan fingerprint density at radius 2 is 2.20 bits per heavy atom. The summed E-state index contributed by atoms with van der Waals surface area (Å²) in [5.74, 6) is 0.653. The first kappa shape index (κ1) is 17.2. The maximum atomic E-state index is 12.0. The Morgan fingerprint density at radius 1 is 1.36 bits per heavy atom. The van der Waals surface area contributed by atoms with Gasteiger partial charge in [0.1, 0.15) is 5.69 Å². The zero-order valence-electron chi connectivity index (χ0n) is 13.9. The van der Waals surface area contributed by atoms with E-state index in [0.717, 1.165) is 16.4 Å². The molecule has 3 rings (SSSR count). The van der Waals surface area contributed by atoms with Crippen LogP contribution < -0.4 is 10.9 Å². The van der Waals surface area contributed by atoms with Gasteiger partial charge in [-0.25, -0.2) is 9.97 Å². The van der Waals surface area contributed by atoms with Gasteiger partial charge in [0.2, 0.25) is 5.91 Å². The van der Waals surface area contributed by atoms with E-state index in [2.05, 4.69) is 20.3 Å². The molecule has 2 N–H and O–H groups in total. The number of fused-ring (bicyclic) bond motifs is 1. The average Bonchev–Trinajstić information content (AvgIpc) is 3.02. The molecule has 0 unspecified atom stereocenters. The summed E-state index contributed by atoms with van der Waals surface area (Å²) < 4.78 is 1.93. The number of thioether (sulfide) groups is 1. The van der Waals surface area contributed by atoms with E-state index in [0.29, 0.717) is 24.2 Å². The highest BCUT2D eigenvalue weighted by molar-refractivity contribution is 7.99. The number of para-hydroxylation sites is 2. The van der Waals surface area contributed by atoms with Crippen LogP contribution in [-0.4, -0.2) is 37.7 Å². The summed E-state index contributed by atoms with van der Waals surface area (Å²) in [6.45, 7) is 0.553. The molecular formula is C17H19N5O2S. The Hall–Kier alpha value is -2.61. The van der Waals surface area contributed by atoms with Crippen molar-refractivity contribution in [1.82, 2.24) is 24.8 Å². The number of carbonyl (C=O) groups is 1. The SMILES string of the molecule is Cn1ccnc1SCCNC(=O)CCc1nc2ccccc2[nH]c1=O. The first-order chi connectivity index (χ1) is 12.1. The Balaban J connectivity index is 1.46. The molecule has 0 saturated carbocycles. The minimum atomic E-state index is -0.239. The van der Waals surface area contributed by atoms with Crippen LogP contribution in [0.5, 0.6) is 0 Å². The van der Waals surface area contributed by atoms with Gasteiger partial charge in [-0.15, -0.1) is 0 Å². The van der Waals surface area contributed by atoms with Crippen molar-refractivity contribution >= 4 is 28.7 Å². The van der Waals surface area contributed by atoms with Gasteiger partial charge in [-0.05, 0) is 12.1 Å². The molecule has 0 spiro atoms. The lowest BCUT2D eigenvalue weighted by atomic mass is 10.2. The summed E-state index contributed by atoms with van der Waals surface area (Å²) in [7, 11) is 1.93. The van der Waals surface area contributed by atoms with Crippen LogP contribution in [0, 0.1) is 0 Å². The maximum absolute atomic E-state index is 12.0. The number of benzene rings is 1. The van der Waals surface area contributed by atoms with E-state index in [1.165, 1.54) is 0 Å². The van der Waals surface area contributed by atoms with Crippen molar-refractivity contribution in [1.29, 1.82) is 0 Å². The molecule has 0 bridgehead atoms. The van der Waals surface area contributed by atoms with Crippen molar-refractivity contribution < 1.29 is 4.79 Å². The molecule has 1 amide bonds. The lowest BCUT2D eigenvalue weighted by Crippen LogP contribution is -2.27. The van der Waals surface area contributed by atoms with Gasteiger partial charge in [0.15, 0.2) is 5.16 Å². The number of aryl methyl sites for hydroxylation is 2. The van der Waals surface area contributed by atoms with Crippen molar-refractivity contribution in [3.05, 3.63) is 52.7 Å². The Kier molecular flexibility index (Phi) is 5.49. The Morgan fingerprint density at radius 3 is 3.00 bits per heavy atom. The van der Waals surface area contributed by atoms with E-state index >= 15 is 0 Å². The third kappa shape index (κ3) is 4.48. The lowest BCUT2D eigenvalue weighted by Gasteiger charge is -2.05.